The maximum absolute atomic E-state index is 13.2. The zero-order chi connectivity index (χ0) is 11.1. The molecule has 0 unspecified atom stereocenters. The van der Waals surface area contributed by atoms with Crippen LogP contribution >= 0.6 is 0 Å². The van der Waals surface area contributed by atoms with Crippen LogP contribution in [-0.4, -0.2) is 26.4 Å². The first-order chi connectivity index (χ1) is 7.27. The number of rotatable bonds is 5. The quantitative estimate of drug-likeness (QED) is 0.424. The van der Waals surface area contributed by atoms with Crippen molar-refractivity contribution in [1.29, 1.82) is 0 Å². The van der Waals surface area contributed by atoms with E-state index in [1.165, 1.54) is 25.3 Å². The Morgan fingerprint density at radius 1 is 1.47 bits per heavy atom. The van der Waals surface area contributed by atoms with Crippen molar-refractivity contribution in [3.8, 4) is 5.75 Å². The molecule has 0 radical (unpaired) electrons. The highest BCUT2D eigenvalue weighted by Gasteiger charge is 2.03. The smallest absolute Gasteiger partial charge is 0.240 e. The fourth-order valence-electron chi connectivity index (χ4n) is 0.964. The monoisotopic (exact) mass is 211 g/mol. The van der Waals surface area contributed by atoms with Gasteiger partial charge in [0.2, 0.25) is 6.08 Å². The first-order valence-corrected chi connectivity index (χ1v) is 4.27. The van der Waals surface area contributed by atoms with E-state index in [0.717, 1.165) is 6.07 Å². The molecule has 0 heterocycles. The third kappa shape index (κ3) is 3.50. The molecule has 4 nitrogen and oxygen atoms in total. The number of methoxy groups -OCH3 is 1. The van der Waals surface area contributed by atoms with E-state index in [0.29, 0.717) is 6.61 Å². The summed E-state index contributed by atoms with van der Waals surface area (Å²) in [7, 11) is 1.53. The average molecular weight is 211 g/mol. The Morgan fingerprint density at radius 3 is 2.87 bits per heavy atom. The molecule has 0 aliphatic carbocycles. The van der Waals surface area contributed by atoms with Crippen LogP contribution in [-0.2, 0) is 9.53 Å². The third-order valence-corrected chi connectivity index (χ3v) is 1.64. The molecule has 80 valence electrons. The van der Waals surface area contributed by atoms with Crippen LogP contribution in [0.25, 0.3) is 0 Å². The summed E-state index contributed by atoms with van der Waals surface area (Å²) in [5, 5.41) is 0. The summed E-state index contributed by atoms with van der Waals surface area (Å²) in [6.45, 7) is 0.650. The van der Waals surface area contributed by atoms with Crippen molar-refractivity contribution in [3.05, 3.63) is 24.0 Å². The van der Waals surface area contributed by atoms with Crippen LogP contribution in [0.15, 0.2) is 23.2 Å². The van der Waals surface area contributed by atoms with Crippen LogP contribution in [0, 0.1) is 5.82 Å². The minimum atomic E-state index is -0.567. The summed E-state index contributed by atoms with van der Waals surface area (Å²) >= 11 is 0. The van der Waals surface area contributed by atoms with Gasteiger partial charge in [-0.2, -0.15) is 4.99 Å². The summed E-state index contributed by atoms with van der Waals surface area (Å²) in [5.41, 5.74) is 0.210. The maximum Gasteiger partial charge on any atom is 0.240 e. The summed E-state index contributed by atoms with van der Waals surface area (Å²) in [4.78, 5) is 13.2. The van der Waals surface area contributed by atoms with Crippen molar-refractivity contribution in [3.63, 3.8) is 0 Å². The van der Waals surface area contributed by atoms with Crippen molar-refractivity contribution in [2.75, 3.05) is 20.3 Å². The topological polar surface area (TPSA) is 47.9 Å². The second-order valence-corrected chi connectivity index (χ2v) is 2.66. The maximum atomic E-state index is 13.2. The Kier molecular flexibility index (Phi) is 4.47. The largest absolute Gasteiger partial charge is 0.488 e. The molecule has 0 N–H and O–H groups in total. The number of ether oxygens (including phenoxy) is 2. The predicted octanol–water partition coefficient (Wildman–Crippen LogP) is 1.82. The van der Waals surface area contributed by atoms with Crippen molar-refractivity contribution in [2.24, 2.45) is 4.99 Å². The van der Waals surface area contributed by atoms with Crippen LogP contribution < -0.4 is 4.74 Å². The van der Waals surface area contributed by atoms with Crippen molar-refractivity contribution < 1.29 is 18.7 Å². The second kappa shape index (κ2) is 5.90. The molecule has 0 saturated heterocycles. The van der Waals surface area contributed by atoms with Crippen LogP contribution in [0.1, 0.15) is 0 Å². The molecule has 1 rings (SSSR count). The van der Waals surface area contributed by atoms with Gasteiger partial charge in [0.1, 0.15) is 6.61 Å². The van der Waals surface area contributed by atoms with Crippen molar-refractivity contribution >= 4 is 11.8 Å². The van der Waals surface area contributed by atoms with Gasteiger partial charge in [0.25, 0.3) is 0 Å². The van der Waals surface area contributed by atoms with E-state index in [1.54, 1.807) is 0 Å². The van der Waals surface area contributed by atoms with Crippen molar-refractivity contribution in [2.45, 2.75) is 0 Å². The fourth-order valence-corrected chi connectivity index (χ4v) is 0.964. The molecule has 0 amide bonds. The summed E-state index contributed by atoms with van der Waals surface area (Å²) in [5.74, 6) is -0.459. The van der Waals surface area contributed by atoms with Gasteiger partial charge in [0.05, 0.1) is 12.3 Å². The van der Waals surface area contributed by atoms with Crippen LogP contribution in [0.5, 0.6) is 5.75 Å². The fraction of sp³-hybridized carbons (Fsp3) is 0.300. The number of hydrogen-bond donors (Lipinski definition) is 0. The van der Waals surface area contributed by atoms with E-state index in [-0.39, 0.29) is 18.0 Å². The van der Waals surface area contributed by atoms with Gasteiger partial charge >= 0.3 is 0 Å². The second-order valence-electron chi connectivity index (χ2n) is 2.66. The van der Waals surface area contributed by atoms with Gasteiger partial charge in [0.15, 0.2) is 11.6 Å². The van der Waals surface area contributed by atoms with Gasteiger partial charge in [-0.25, -0.2) is 9.18 Å². The van der Waals surface area contributed by atoms with Crippen molar-refractivity contribution in [1.82, 2.24) is 0 Å². The third-order valence-electron chi connectivity index (χ3n) is 1.64. The zero-order valence-electron chi connectivity index (χ0n) is 8.20. The lowest BCUT2D eigenvalue weighted by Crippen LogP contribution is -2.05. The first kappa shape index (κ1) is 11.4. The van der Waals surface area contributed by atoms with E-state index in [1.807, 2.05) is 0 Å². The van der Waals surface area contributed by atoms with E-state index in [9.17, 15) is 9.18 Å². The zero-order valence-corrected chi connectivity index (χ0v) is 8.20. The number of benzene rings is 1. The molecule has 0 aromatic heterocycles. The molecule has 0 spiro atoms. The minimum absolute atomic E-state index is 0.108. The standard InChI is InChI=1S/C10H10FNO3/c1-14-4-5-15-10-3-2-8(12-7-13)6-9(10)11/h2-3,6H,4-5H2,1H3. The molecule has 0 fully saturated rings. The molecule has 0 saturated carbocycles. The molecule has 0 aliphatic rings. The highest BCUT2D eigenvalue weighted by atomic mass is 19.1. The molecule has 1 aromatic carbocycles. The number of isocyanates is 1. The van der Waals surface area contributed by atoms with Crippen LogP contribution in [0.4, 0.5) is 10.1 Å². The molecular weight excluding hydrogens is 201 g/mol. The molecule has 0 bridgehead atoms. The first-order valence-electron chi connectivity index (χ1n) is 4.27. The lowest BCUT2D eigenvalue weighted by Gasteiger charge is -2.06. The highest BCUT2D eigenvalue weighted by Crippen LogP contribution is 2.22. The van der Waals surface area contributed by atoms with Gasteiger partial charge in [0, 0.05) is 13.2 Å². The lowest BCUT2D eigenvalue weighted by molar-refractivity contribution is 0.144. The molecule has 15 heavy (non-hydrogen) atoms. The Balaban J connectivity index is 2.70. The summed E-state index contributed by atoms with van der Waals surface area (Å²) in [6, 6.07) is 3.98. The number of carbonyl (C=O) groups excluding carboxylic acids is 1. The van der Waals surface area contributed by atoms with Crippen LogP contribution in [0.2, 0.25) is 0 Å². The Bertz CT molecular complexity index is 375. The Hall–Kier alpha value is -1.71. The summed E-state index contributed by atoms with van der Waals surface area (Å²) < 4.78 is 23.1. The normalized spacial score (nSPS) is 9.47. The SMILES string of the molecule is COCCOc1ccc(N=C=O)cc1F. The average Bonchev–Trinajstić information content (AvgIpc) is 2.22. The number of nitrogens with zero attached hydrogens (tertiary/aromatic N) is 1. The number of aliphatic imine (C=N–C) groups is 1. The lowest BCUT2D eigenvalue weighted by atomic mass is 10.3. The van der Waals surface area contributed by atoms with E-state index in [4.69, 9.17) is 9.47 Å². The van der Waals surface area contributed by atoms with Gasteiger partial charge in [-0.05, 0) is 12.1 Å². The number of hydrogen-bond acceptors (Lipinski definition) is 4. The van der Waals surface area contributed by atoms with E-state index in [2.05, 4.69) is 4.99 Å². The van der Waals surface area contributed by atoms with Gasteiger partial charge in [-0.1, -0.05) is 0 Å². The van der Waals surface area contributed by atoms with Crippen LogP contribution in [0.3, 0.4) is 0 Å². The van der Waals surface area contributed by atoms with Gasteiger partial charge in [-0.15, -0.1) is 0 Å². The molecule has 5 heteroatoms. The molecule has 0 atom stereocenters. The molecular formula is C10H10FNO3. The molecule has 0 aliphatic heterocycles. The van der Waals surface area contributed by atoms with Gasteiger partial charge < -0.3 is 9.47 Å². The highest BCUT2D eigenvalue weighted by molar-refractivity contribution is 5.50. The van der Waals surface area contributed by atoms with Gasteiger partial charge in [-0.3, -0.25) is 0 Å². The van der Waals surface area contributed by atoms with E-state index < -0.39 is 5.82 Å². The minimum Gasteiger partial charge on any atom is -0.488 e. The Morgan fingerprint density at radius 2 is 2.27 bits per heavy atom. The molecule has 1 aromatic rings. The predicted molar refractivity (Wildman–Crippen MR) is 51.6 cm³/mol. The summed E-state index contributed by atoms with van der Waals surface area (Å²) in [6.07, 6.45) is 1.33. The number of halogens is 1. The van der Waals surface area contributed by atoms with E-state index >= 15 is 0 Å². The Labute approximate surface area is 86.3 Å².